The summed E-state index contributed by atoms with van der Waals surface area (Å²) in [6, 6.07) is 0.586. The van der Waals surface area contributed by atoms with Crippen LogP contribution in [-0.2, 0) is 0 Å². The smallest absolute Gasteiger partial charge is 0.187 e. The average Bonchev–Trinajstić information content (AvgIpc) is 2.65. The predicted molar refractivity (Wildman–Crippen MR) is 64.7 cm³/mol. The topological polar surface area (TPSA) is 29.0 Å². The van der Waals surface area contributed by atoms with Gasteiger partial charge in [-0.3, -0.25) is 0 Å². The number of anilines is 1. The van der Waals surface area contributed by atoms with Crippen LogP contribution >= 0.6 is 23.3 Å². The summed E-state index contributed by atoms with van der Waals surface area (Å²) in [5.41, 5.74) is 0. The molecule has 1 aliphatic carbocycles. The zero-order valence-corrected chi connectivity index (χ0v) is 10.7. The summed E-state index contributed by atoms with van der Waals surface area (Å²) in [6.45, 7) is 2.33. The summed E-state index contributed by atoms with van der Waals surface area (Å²) in [5, 5.41) is 0.543. The van der Waals surface area contributed by atoms with Crippen molar-refractivity contribution in [3.8, 4) is 0 Å². The maximum absolute atomic E-state index is 5.98. The summed E-state index contributed by atoms with van der Waals surface area (Å²) < 4.78 is 8.24. The molecule has 1 heterocycles. The van der Waals surface area contributed by atoms with E-state index in [0.29, 0.717) is 11.2 Å². The quantitative estimate of drug-likeness (QED) is 0.801. The minimum Gasteiger partial charge on any atom is -0.353 e. The summed E-state index contributed by atoms with van der Waals surface area (Å²) >= 11 is 7.16. The van der Waals surface area contributed by atoms with Crippen molar-refractivity contribution in [1.82, 2.24) is 8.75 Å². The molecule has 1 fully saturated rings. The second-order valence-electron chi connectivity index (χ2n) is 4.40. The molecule has 3 nitrogen and oxygen atoms in total. The van der Waals surface area contributed by atoms with E-state index in [9.17, 15) is 0 Å². The molecule has 15 heavy (non-hydrogen) atoms. The van der Waals surface area contributed by atoms with Gasteiger partial charge in [0.1, 0.15) is 0 Å². The maximum atomic E-state index is 5.98. The summed E-state index contributed by atoms with van der Waals surface area (Å²) in [5.74, 6) is 1.72. The molecule has 1 aromatic heterocycles. The highest BCUT2D eigenvalue weighted by Gasteiger charge is 2.24. The lowest BCUT2D eigenvalue weighted by Gasteiger charge is -2.33. The van der Waals surface area contributed by atoms with Gasteiger partial charge in [-0.15, -0.1) is 0 Å². The minimum atomic E-state index is 0.543. The fourth-order valence-corrected chi connectivity index (χ4v) is 2.99. The normalized spacial score (nSPS) is 26.6. The SMILES string of the molecule is CC1CCC(N(C)c2nsnc2Cl)CC1. The van der Waals surface area contributed by atoms with Crippen molar-refractivity contribution in [3.05, 3.63) is 5.15 Å². The highest BCUT2D eigenvalue weighted by molar-refractivity contribution is 6.99. The van der Waals surface area contributed by atoms with Crippen LogP contribution in [0, 0.1) is 5.92 Å². The van der Waals surface area contributed by atoms with Crippen molar-refractivity contribution in [3.63, 3.8) is 0 Å². The van der Waals surface area contributed by atoms with Crippen molar-refractivity contribution in [2.75, 3.05) is 11.9 Å². The number of nitrogens with zero attached hydrogens (tertiary/aromatic N) is 3. The van der Waals surface area contributed by atoms with Gasteiger partial charge in [0.25, 0.3) is 0 Å². The molecular weight excluding hydrogens is 230 g/mol. The number of hydrogen-bond acceptors (Lipinski definition) is 4. The fraction of sp³-hybridized carbons (Fsp3) is 0.800. The van der Waals surface area contributed by atoms with Crippen LogP contribution < -0.4 is 4.90 Å². The molecule has 0 radical (unpaired) electrons. The van der Waals surface area contributed by atoms with Gasteiger partial charge in [-0.05, 0) is 31.6 Å². The van der Waals surface area contributed by atoms with Gasteiger partial charge in [-0.25, -0.2) is 0 Å². The molecule has 2 rings (SSSR count). The molecule has 0 spiro atoms. The van der Waals surface area contributed by atoms with Gasteiger partial charge in [0.05, 0.1) is 11.7 Å². The number of rotatable bonds is 2. The number of hydrogen-bond donors (Lipinski definition) is 0. The van der Waals surface area contributed by atoms with E-state index in [0.717, 1.165) is 11.7 Å². The third-order valence-electron chi connectivity index (χ3n) is 3.30. The third-order valence-corrected chi connectivity index (χ3v) is 4.17. The van der Waals surface area contributed by atoms with E-state index in [1.165, 1.54) is 37.4 Å². The maximum Gasteiger partial charge on any atom is 0.187 e. The molecule has 5 heteroatoms. The van der Waals surface area contributed by atoms with Crippen molar-refractivity contribution in [1.29, 1.82) is 0 Å². The highest BCUT2D eigenvalue weighted by Crippen LogP contribution is 2.31. The van der Waals surface area contributed by atoms with E-state index in [1.807, 2.05) is 0 Å². The van der Waals surface area contributed by atoms with Crippen molar-refractivity contribution < 1.29 is 0 Å². The van der Waals surface area contributed by atoms with Crippen LogP contribution in [0.25, 0.3) is 0 Å². The molecule has 0 unspecified atom stereocenters. The second kappa shape index (κ2) is 4.66. The van der Waals surface area contributed by atoms with Gasteiger partial charge in [0, 0.05) is 13.1 Å². The minimum absolute atomic E-state index is 0.543. The third kappa shape index (κ3) is 2.42. The molecule has 0 atom stereocenters. The summed E-state index contributed by atoms with van der Waals surface area (Å²) in [4.78, 5) is 2.19. The summed E-state index contributed by atoms with van der Waals surface area (Å²) in [6.07, 6.45) is 5.10. The van der Waals surface area contributed by atoms with E-state index in [4.69, 9.17) is 11.6 Å². The highest BCUT2D eigenvalue weighted by atomic mass is 35.5. The Bertz CT molecular complexity index is 320. The Morgan fingerprint density at radius 3 is 2.47 bits per heavy atom. The predicted octanol–water partition coefficient (Wildman–Crippen LogP) is 3.21. The Morgan fingerprint density at radius 1 is 1.27 bits per heavy atom. The monoisotopic (exact) mass is 245 g/mol. The van der Waals surface area contributed by atoms with Gasteiger partial charge in [-0.1, -0.05) is 18.5 Å². The molecule has 0 aliphatic heterocycles. The van der Waals surface area contributed by atoms with E-state index < -0.39 is 0 Å². The molecule has 1 aliphatic rings. The van der Waals surface area contributed by atoms with Crippen LogP contribution in [0.3, 0.4) is 0 Å². The van der Waals surface area contributed by atoms with Gasteiger partial charge in [0.15, 0.2) is 11.0 Å². The number of halogens is 1. The molecule has 0 saturated heterocycles. The van der Waals surface area contributed by atoms with E-state index in [1.54, 1.807) is 0 Å². The van der Waals surface area contributed by atoms with Gasteiger partial charge >= 0.3 is 0 Å². The molecular formula is C10H16ClN3S. The van der Waals surface area contributed by atoms with Crippen molar-refractivity contribution in [2.24, 2.45) is 5.92 Å². The largest absolute Gasteiger partial charge is 0.353 e. The zero-order chi connectivity index (χ0) is 10.8. The molecule has 0 aromatic carbocycles. The molecule has 0 bridgehead atoms. The lowest BCUT2D eigenvalue weighted by Crippen LogP contribution is -2.35. The molecule has 84 valence electrons. The number of aromatic nitrogens is 2. The first-order valence-electron chi connectivity index (χ1n) is 5.39. The van der Waals surface area contributed by atoms with Crippen molar-refractivity contribution in [2.45, 2.75) is 38.6 Å². The van der Waals surface area contributed by atoms with Crippen LogP contribution in [0.15, 0.2) is 0 Å². The summed E-state index contributed by atoms with van der Waals surface area (Å²) in [7, 11) is 2.07. The lowest BCUT2D eigenvalue weighted by atomic mass is 9.87. The van der Waals surface area contributed by atoms with Crippen LogP contribution in [0.4, 0.5) is 5.82 Å². The Morgan fingerprint density at radius 2 is 1.93 bits per heavy atom. The second-order valence-corrected chi connectivity index (χ2v) is 5.29. The molecule has 0 amide bonds. The van der Waals surface area contributed by atoms with Gasteiger partial charge in [-0.2, -0.15) is 8.75 Å². The van der Waals surface area contributed by atoms with E-state index >= 15 is 0 Å². The molecule has 1 aromatic rings. The zero-order valence-electron chi connectivity index (χ0n) is 9.11. The standard InChI is InChI=1S/C10H16ClN3S/c1-7-3-5-8(6-4-7)14(2)10-9(11)12-15-13-10/h7-8H,3-6H2,1-2H3. The molecule has 0 N–H and O–H groups in total. The van der Waals surface area contributed by atoms with E-state index in [-0.39, 0.29) is 0 Å². The molecule has 1 saturated carbocycles. The van der Waals surface area contributed by atoms with Gasteiger partial charge < -0.3 is 4.90 Å². The Kier molecular flexibility index (Phi) is 3.46. The average molecular weight is 246 g/mol. The Hall–Kier alpha value is -0.350. The van der Waals surface area contributed by atoms with Crippen molar-refractivity contribution >= 4 is 29.1 Å². The first kappa shape index (κ1) is 11.1. The lowest BCUT2D eigenvalue weighted by molar-refractivity contribution is 0.340. The fourth-order valence-electron chi connectivity index (χ4n) is 2.19. The Balaban J connectivity index is 2.02. The van der Waals surface area contributed by atoms with Gasteiger partial charge in [0.2, 0.25) is 0 Å². The van der Waals surface area contributed by atoms with Crippen LogP contribution in [-0.4, -0.2) is 21.8 Å². The van der Waals surface area contributed by atoms with Crippen LogP contribution in [0.2, 0.25) is 5.15 Å². The Labute approximate surface area is 99.8 Å². The van der Waals surface area contributed by atoms with E-state index in [2.05, 4.69) is 27.6 Å². The van der Waals surface area contributed by atoms with Crippen LogP contribution in [0.5, 0.6) is 0 Å². The van der Waals surface area contributed by atoms with Crippen LogP contribution in [0.1, 0.15) is 32.6 Å². The first-order valence-corrected chi connectivity index (χ1v) is 6.50. The first-order chi connectivity index (χ1) is 7.18.